The van der Waals surface area contributed by atoms with E-state index in [0.717, 1.165) is 21.8 Å². The van der Waals surface area contributed by atoms with Crippen LogP contribution < -0.4 is 5.32 Å². The van der Waals surface area contributed by atoms with Crippen molar-refractivity contribution in [2.75, 3.05) is 5.32 Å². The molecule has 114 valence electrons. The number of pyridine rings is 1. The van der Waals surface area contributed by atoms with E-state index in [4.69, 9.17) is 0 Å². The quantitative estimate of drug-likeness (QED) is 0.775. The second kappa shape index (κ2) is 5.84. The van der Waals surface area contributed by atoms with Gasteiger partial charge in [-0.25, -0.2) is 9.97 Å². The summed E-state index contributed by atoms with van der Waals surface area (Å²) in [5.41, 5.74) is 3.05. The Hall–Kier alpha value is -2.28. The first-order valence-corrected chi connectivity index (χ1v) is 7.96. The molecule has 3 aromatic heterocycles. The summed E-state index contributed by atoms with van der Waals surface area (Å²) in [4.78, 5) is 20.8. The zero-order valence-electron chi connectivity index (χ0n) is 12.7. The summed E-state index contributed by atoms with van der Waals surface area (Å²) in [7, 11) is 0. The number of amides is 1. The summed E-state index contributed by atoms with van der Waals surface area (Å²) < 4.78 is 0. The number of aryl methyl sites for hydroxylation is 1. The molecule has 0 aliphatic carbocycles. The molecule has 0 unspecified atom stereocenters. The summed E-state index contributed by atoms with van der Waals surface area (Å²) in [6.07, 6.45) is 1.88. The van der Waals surface area contributed by atoms with Crippen molar-refractivity contribution >= 4 is 34.0 Å². The number of H-pyrrole nitrogens is 1. The average molecular weight is 315 g/mol. The number of aromatic amines is 1. The molecular weight excluding hydrogens is 298 g/mol. The minimum Gasteiger partial charge on any atom is -0.324 e. The van der Waals surface area contributed by atoms with Crippen molar-refractivity contribution in [2.24, 2.45) is 0 Å². The van der Waals surface area contributed by atoms with Gasteiger partial charge in [0.15, 0.2) is 5.65 Å². The first-order valence-electron chi connectivity index (χ1n) is 7.08. The fourth-order valence-corrected chi connectivity index (χ4v) is 2.96. The molecule has 22 heavy (non-hydrogen) atoms. The Bertz CT molecular complexity index is 820. The number of thiazole rings is 1. The molecule has 0 aliphatic heterocycles. The molecule has 0 spiro atoms. The van der Waals surface area contributed by atoms with Crippen molar-refractivity contribution in [1.29, 1.82) is 0 Å². The van der Waals surface area contributed by atoms with Crippen LogP contribution >= 0.6 is 11.3 Å². The third-order valence-electron chi connectivity index (χ3n) is 3.29. The number of hydrogen-bond donors (Lipinski definition) is 2. The Kier molecular flexibility index (Phi) is 3.89. The lowest BCUT2D eigenvalue weighted by atomic mass is 10.2. The normalized spacial score (nSPS) is 11.3. The van der Waals surface area contributed by atoms with E-state index >= 15 is 0 Å². The summed E-state index contributed by atoms with van der Waals surface area (Å²) in [6.45, 7) is 6.11. The van der Waals surface area contributed by atoms with Crippen LogP contribution in [-0.4, -0.2) is 26.1 Å². The molecule has 0 saturated heterocycles. The van der Waals surface area contributed by atoms with Crippen molar-refractivity contribution in [1.82, 2.24) is 20.2 Å². The van der Waals surface area contributed by atoms with Crippen LogP contribution in [0, 0.1) is 6.92 Å². The third kappa shape index (κ3) is 2.99. The highest BCUT2D eigenvalue weighted by molar-refractivity contribution is 7.09. The van der Waals surface area contributed by atoms with Gasteiger partial charge >= 0.3 is 0 Å². The average Bonchev–Trinajstić information content (AvgIpc) is 3.07. The molecule has 3 aromatic rings. The maximum atomic E-state index is 12.1. The molecule has 3 heterocycles. The maximum absolute atomic E-state index is 12.1. The lowest BCUT2D eigenvalue weighted by Crippen LogP contribution is -2.14. The number of carbonyl (C=O) groups is 1. The third-order valence-corrected chi connectivity index (χ3v) is 4.48. The maximum Gasteiger partial charge on any atom is 0.230 e. The number of fused-ring (bicyclic) bond motifs is 1. The van der Waals surface area contributed by atoms with Crippen LogP contribution in [0.4, 0.5) is 5.69 Å². The molecular formula is C15H17N5OS. The van der Waals surface area contributed by atoms with E-state index in [0.29, 0.717) is 17.3 Å². The topological polar surface area (TPSA) is 83.6 Å². The predicted molar refractivity (Wildman–Crippen MR) is 87.2 cm³/mol. The van der Waals surface area contributed by atoms with Crippen LogP contribution in [0.3, 0.4) is 0 Å². The van der Waals surface area contributed by atoms with Gasteiger partial charge in [-0.2, -0.15) is 5.10 Å². The molecule has 0 radical (unpaired) electrons. The van der Waals surface area contributed by atoms with Gasteiger partial charge in [-0.3, -0.25) is 9.89 Å². The van der Waals surface area contributed by atoms with Crippen LogP contribution in [-0.2, 0) is 11.2 Å². The number of aromatic nitrogens is 4. The molecule has 1 amide bonds. The van der Waals surface area contributed by atoms with E-state index in [2.05, 4.69) is 39.3 Å². The van der Waals surface area contributed by atoms with Crippen molar-refractivity contribution < 1.29 is 4.79 Å². The standard InChI is InChI=1S/C15H17N5OS/c1-8(2)15-18-11(7-22-15)5-13(21)17-10-4-12-9(3)19-20-14(12)16-6-10/h4,6-8H,5H2,1-3H3,(H,17,21)(H,16,19,20). The number of carbonyl (C=O) groups excluding carboxylic acids is 1. The first-order chi connectivity index (χ1) is 10.5. The lowest BCUT2D eigenvalue weighted by Gasteiger charge is -2.04. The molecule has 7 heteroatoms. The fourth-order valence-electron chi connectivity index (χ4n) is 2.13. The van der Waals surface area contributed by atoms with Gasteiger partial charge < -0.3 is 5.32 Å². The van der Waals surface area contributed by atoms with Crippen molar-refractivity contribution in [3.05, 3.63) is 34.0 Å². The van der Waals surface area contributed by atoms with Crippen molar-refractivity contribution in [3.8, 4) is 0 Å². The van der Waals surface area contributed by atoms with Gasteiger partial charge in [0.05, 0.1) is 29.0 Å². The highest BCUT2D eigenvalue weighted by atomic mass is 32.1. The van der Waals surface area contributed by atoms with Crippen LogP contribution in [0.5, 0.6) is 0 Å². The largest absolute Gasteiger partial charge is 0.324 e. The Morgan fingerprint density at radius 1 is 1.45 bits per heavy atom. The Morgan fingerprint density at radius 3 is 3.00 bits per heavy atom. The van der Waals surface area contributed by atoms with E-state index < -0.39 is 0 Å². The zero-order valence-corrected chi connectivity index (χ0v) is 13.5. The molecule has 0 bridgehead atoms. The van der Waals surface area contributed by atoms with Gasteiger partial charge in [-0.05, 0) is 13.0 Å². The van der Waals surface area contributed by atoms with Gasteiger partial charge in [0.2, 0.25) is 5.91 Å². The highest BCUT2D eigenvalue weighted by Gasteiger charge is 2.11. The number of nitrogens with one attached hydrogen (secondary N) is 2. The molecule has 2 N–H and O–H groups in total. The van der Waals surface area contributed by atoms with Crippen LogP contribution in [0.25, 0.3) is 11.0 Å². The molecule has 0 atom stereocenters. The summed E-state index contributed by atoms with van der Waals surface area (Å²) in [5.74, 6) is 0.292. The summed E-state index contributed by atoms with van der Waals surface area (Å²) in [5, 5.41) is 13.7. The second-order valence-corrected chi connectivity index (χ2v) is 6.39. The van der Waals surface area contributed by atoms with E-state index in [1.54, 1.807) is 17.5 Å². The fraction of sp³-hybridized carbons (Fsp3) is 0.333. The smallest absolute Gasteiger partial charge is 0.230 e. The van der Waals surface area contributed by atoms with Gasteiger partial charge in [0.25, 0.3) is 0 Å². The Morgan fingerprint density at radius 2 is 2.27 bits per heavy atom. The van der Waals surface area contributed by atoms with Gasteiger partial charge in [0, 0.05) is 22.4 Å². The number of rotatable bonds is 4. The molecule has 0 aliphatic rings. The predicted octanol–water partition coefficient (Wildman–Crippen LogP) is 3.03. The zero-order chi connectivity index (χ0) is 15.7. The first kappa shape index (κ1) is 14.6. The van der Waals surface area contributed by atoms with Crippen molar-refractivity contribution in [3.63, 3.8) is 0 Å². The summed E-state index contributed by atoms with van der Waals surface area (Å²) in [6, 6.07) is 1.87. The number of hydrogen-bond acceptors (Lipinski definition) is 5. The lowest BCUT2D eigenvalue weighted by molar-refractivity contribution is -0.115. The van der Waals surface area contributed by atoms with Crippen molar-refractivity contribution in [2.45, 2.75) is 33.1 Å². The number of nitrogens with zero attached hydrogens (tertiary/aromatic N) is 3. The molecule has 0 saturated carbocycles. The SMILES string of the molecule is Cc1[nH]nc2ncc(NC(=O)Cc3csc(C(C)C)n3)cc12. The minimum absolute atomic E-state index is 0.0945. The van der Waals surface area contributed by atoms with Gasteiger partial charge in [-0.1, -0.05) is 13.8 Å². The molecule has 3 rings (SSSR count). The van der Waals surface area contributed by atoms with E-state index in [1.165, 1.54) is 0 Å². The Labute approximate surface area is 132 Å². The van der Waals surface area contributed by atoms with Crippen LogP contribution in [0.2, 0.25) is 0 Å². The van der Waals surface area contributed by atoms with Crippen LogP contribution in [0.15, 0.2) is 17.6 Å². The second-order valence-electron chi connectivity index (χ2n) is 5.50. The number of anilines is 1. The van der Waals surface area contributed by atoms with Gasteiger partial charge in [-0.15, -0.1) is 11.3 Å². The highest BCUT2D eigenvalue weighted by Crippen LogP contribution is 2.20. The molecule has 6 nitrogen and oxygen atoms in total. The van der Waals surface area contributed by atoms with E-state index in [9.17, 15) is 4.79 Å². The molecule has 0 fully saturated rings. The summed E-state index contributed by atoms with van der Waals surface area (Å²) >= 11 is 1.60. The Balaban J connectivity index is 1.70. The van der Waals surface area contributed by atoms with E-state index in [-0.39, 0.29) is 12.3 Å². The monoisotopic (exact) mass is 315 g/mol. The molecule has 0 aromatic carbocycles. The van der Waals surface area contributed by atoms with Gasteiger partial charge in [0.1, 0.15) is 0 Å². The van der Waals surface area contributed by atoms with Crippen LogP contribution in [0.1, 0.15) is 36.2 Å². The minimum atomic E-state index is -0.0945. The van der Waals surface area contributed by atoms with E-state index in [1.807, 2.05) is 18.4 Å².